The first-order valence-corrected chi connectivity index (χ1v) is 4.23. The molecule has 1 rings (SSSR count). The van der Waals surface area contributed by atoms with Gasteiger partial charge >= 0.3 is 0 Å². The largest absolute Gasteiger partial charge is 0.380 e. The molecule has 68 valence electrons. The summed E-state index contributed by atoms with van der Waals surface area (Å²) in [5, 5.41) is 0. The van der Waals surface area contributed by atoms with Crippen molar-refractivity contribution < 1.29 is 4.74 Å². The molecule has 0 aliphatic rings. The van der Waals surface area contributed by atoms with Crippen LogP contribution in [0.2, 0.25) is 0 Å². The van der Waals surface area contributed by atoms with Crippen LogP contribution in [0.25, 0.3) is 0 Å². The Morgan fingerprint density at radius 3 is 2.42 bits per heavy atom. The maximum atomic E-state index is 4.93. The molecule has 1 aromatic heterocycles. The van der Waals surface area contributed by atoms with Gasteiger partial charge in [0.2, 0.25) is 0 Å². The fraction of sp³-hybridized carbons (Fsp3) is 0.500. The fourth-order valence-electron chi connectivity index (χ4n) is 0.750. The number of pyridine rings is 1. The normalized spacial score (nSPS) is 8.67. The maximum absolute atomic E-state index is 4.93. The second-order valence-electron chi connectivity index (χ2n) is 2.24. The van der Waals surface area contributed by atoms with E-state index in [1.54, 1.807) is 7.11 Å². The van der Waals surface area contributed by atoms with E-state index in [1.165, 1.54) is 0 Å². The number of hydrogen-bond acceptors (Lipinski definition) is 2. The van der Waals surface area contributed by atoms with E-state index in [0.29, 0.717) is 6.61 Å². The van der Waals surface area contributed by atoms with E-state index in [9.17, 15) is 0 Å². The first-order valence-electron chi connectivity index (χ1n) is 4.23. The summed E-state index contributed by atoms with van der Waals surface area (Å²) in [6, 6.07) is 4.00. The van der Waals surface area contributed by atoms with Crippen LogP contribution in [0.1, 0.15) is 25.1 Å². The highest BCUT2D eigenvalue weighted by Gasteiger charge is 1.89. The van der Waals surface area contributed by atoms with Crippen LogP contribution in [0.3, 0.4) is 0 Å². The van der Waals surface area contributed by atoms with Crippen molar-refractivity contribution in [2.24, 2.45) is 0 Å². The Kier molecular flexibility index (Phi) is 6.29. The molecular weight excluding hydrogens is 150 g/mol. The van der Waals surface area contributed by atoms with E-state index < -0.39 is 0 Å². The van der Waals surface area contributed by atoms with Crippen molar-refractivity contribution in [3.63, 3.8) is 0 Å². The van der Waals surface area contributed by atoms with Crippen LogP contribution in [-0.2, 0) is 11.3 Å². The Labute approximate surface area is 74.6 Å². The van der Waals surface area contributed by atoms with Crippen LogP contribution in [0.4, 0.5) is 0 Å². The van der Waals surface area contributed by atoms with Gasteiger partial charge < -0.3 is 4.74 Å². The predicted octanol–water partition coefficient (Wildman–Crippen LogP) is 2.56. The van der Waals surface area contributed by atoms with E-state index in [4.69, 9.17) is 4.74 Å². The van der Waals surface area contributed by atoms with Crippen molar-refractivity contribution in [3.05, 3.63) is 29.6 Å². The van der Waals surface area contributed by atoms with Crippen LogP contribution in [0.15, 0.2) is 18.3 Å². The van der Waals surface area contributed by atoms with Gasteiger partial charge in [-0.1, -0.05) is 19.9 Å². The average molecular weight is 167 g/mol. The topological polar surface area (TPSA) is 22.1 Å². The van der Waals surface area contributed by atoms with Gasteiger partial charge in [-0.15, -0.1) is 0 Å². The molecular formula is C10H17NO. The molecule has 12 heavy (non-hydrogen) atoms. The Balaban J connectivity index is 0.000000561. The number of rotatable bonds is 2. The van der Waals surface area contributed by atoms with E-state index in [-0.39, 0.29) is 0 Å². The lowest BCUT2D eigenvalue weighted by Crippen LogP contribution is -1.88. The SMILES string of the molecule is CC.COCc1ccc(C)nc1. The minimum atomic E-state index is 0.646. The predicted molar refractivity (Wildman–Crippen MR) is 51.0 cm³/mol. The van der Waals surface area contributed by atoms with Crippen molar-refractivity contribution in [3.8, 4) is 0 Å². The molecule has 2 nitrogen and oxygen atoms in total. The zero-order valence-electron chi connectivity index (χ0n) is 8.29. The smallest absolute Gasteiger partial charge is 0.0728 e. The van der Waals surface area contributed by atoms with E-state index >= 15 is 0 Å². The van der Waals surface area contributed by atoms with Crippen molar-refractivity contribution in [1.29, 1.82) is 0 Å². The standard InChI is InChI=1S/C8H11NO.C2H6/c1-7-3-4-8(5-9-7)6-10-2;1-2/h3-5H,6H2,1-2H3;1-2H3. The lowest BCUT2D eigenvalue weighted by atomic mass is 10.3. The lowest BCUT2D eigenvalue weighted by molar-refractivity contribution is 0.184. The van der Waals surface area contributed by atoms with Gasteiger partial charge in [0, 0.05) is 19.0 Å². The first-order chi connectivity index (χ1) is 5.83. The molecule has 0 aromatic carbocycles. The molecule has 0 N–H and O–H groups in total. The monoisotopic (exact) mass is 167 g/mol. The number of aromatic nitrogens is 1. The number of methoxy groups -OCH3 is 1. The third-order valence-corrected chi connectivity index (χ3v) is 1.28. The van der Waals surface area contributed by atoms with Crippen LogP contribution in [-0.4, -0.2) is 12.1 Å². The quantitative estimate of drug-likeness (QED) is 0.675. The molecule has 0 atom stereocenters. The third-order valence-electron chi connectivity index (χ3n) is 1.28. The molecule has 0 bridgehead atoms. The van der Waals surface area contributed by atoms with Gasteiger partial charge in [-0.3, -0.25) is 4.98 Å². The van der Waals surface area contributed by atoms with Crippen LogP contribution >= 0.6 is 0 Å². The lowest BCUT2D eigenvalue weighted by Gasteiger charge is -1.97. The van der Waals surface area contributed by atoms with Crippen molar-refractivity contribution in [2.45, 2.75) is 27.4 Å². The number of aryl methyl sites for hydroxylation is 1. The minimum Gasteiger partial charge on any atom is -0.380 e. The molecule has 0 saturated carbocycles. The Bertz CT molecular complexity index is 193. The van der Waals surface area contributed by atoms with Crippen molar-refractivity contribution in [2.75, 3.05) is 7.11 Å². The summed E-state index contributed by atoms with van der Waals surface area (Å²) in [5.74, 6) is 0. The van der Waals surface area contributed by atoms with Crippen LogP contribution in [0.5, 0.6) is 0 Å². The van der Waals surface area contributed by atoms with Crippen LogP contribution < -0.4 is 0 Å². The fourth-order valence-corrected chi connectivity index (χ4v) is 0.750. The molecule has 2 heteroatoms. The molecule has 0 radical (unpaired) electrons. The van der Waals surface area contributed by atoms with Gasteiger partial charge in [0.15, 0.2) is 0 Å². The molecule has 0 spiro atoms. The van der Waals surface area contributed by atoms with Gasteiger partial charge in [-0.2, -0.15) is 0 Å². The molecule has 0 fully saturated rings. The Hall–Kier alpha value is -0.890. The number of hydrogen-bond donors (Lipinski definition) is 0. The molecule has 0 saturated heterocycles. The van der Waals surface area contributed by atoms with Gasteiger partial charge in [-0.25, -0.2) is 0 Å². The van der Waals surface area contributed by atoms with Crippen molar-refractivity contribution in [1.82, 2.24) is 4.98 Å². The second-order valence-corrected chi connectivity index (χ2v) is 2.24. The molecule has 0 unspecified atom stereocenters. The highest BCUT2D eigenvalue weighted by Crippen LogP contribution is 1.99. The third kappa shape index (κ3) is 4.09. The molecule has 0 aliphatic carbocycles. The molecule has 1 heterocycles. The summed E-state index contributed by atoms with van der Waals surface area (Å²) in [7, 11) is 1.68. The van der Waals surface area contributed by atoms with Crippen LogP contribution in [0, 0.1) is 6.92 Å². The van der Waals surface area contributed by atoms with E-state index in [1.807, 2.05) is 39.1 Å². The zero-order chi connectivity index (χ0) is 9.40. The Morgan fingerprint density at radius 2 is 2.00 bits per heavy atom. The number of ether oxygens (including phenoxy) is 1. The Morgan fingerprint density at radius 1 is 1.33 bits per heavy atom. The molecule has 0 aliphatic heterocycles. The zero-order valence-corrected chi connectivity index (χ0v) is 8.29. The highest BCUT2D eigenvalue weighted by atomic mass is 16.5. The van der Waals surface area contributed by atoms with Gasteiger partial charge in [-0.05, 0) is 18.6 Å². The summed E-state index contributed by atoms with van der Waals surface area (Å²) in [5.41, 5.74) is 2.16. The number of nitrogens with zero attached hydrogens (tertiary/aromatic N) is 1. The summed E-state index contributed by atoms with van der Waals surface area (Å²) in [4.78, 5) is 4.12. The summed E-state index contributed by atoms with van der Waals surface area (Å²) in [6.07, 6.45) is 1.83. The minimum absolute atomic E-state index is 0.646. The second kappa shape index (κ2) is 6.80. The highest BCUT2D eigenvalue weighted by molar-refractivity contribution is 5.11. The molecule has 1 aromatic rings. The maximum Gasteiger partial charge on any atom is 0.0728 e. The molecule has 0 amide bonds. The summed E-state index contributed by atoms with van der Waals surface area (Å²) >= 11 is 0. The summed E-state index contributed by atoms with van der Waals surface area (Å²) < 4.78 is 4.93. The van der Waals surface area contributed by atoms with Gasteiger partial charge in [0.05, 0.1) is 6.61 Å². The van der Waals surface area contributed by atoms with Gasteiger partial charge in [0.1, 0.15) is 0 Å². The van der Waals surface area contributed by atoms with E-state index in [0.717, 1.165) is 11.3 Å². The average Bonchev–Trinajstić information content (AvgIpc) is 2.13. The van der Waals surface area contributed by atoms with E-state index in [2.05, 4.69) is 4.98 Å². The summed E-state index contributed by atoms with van der Waals surface area (Å²) in [6.45, 7) is 6.61. The van der Waals surface area contributed by atoms with Gasteiger partial charge in [0.25, 0.3) is 0 Å². The first kappa shape index (κ1) is 11.1. The van der Waals surface area contributed by atoms with Crippen molar-refractivity contribution >= 4 is 0 Å².